The largest absolute Gasteiger partial charge is 0.0654 e. The van der Waals surface area contributed by atoms with Gasteiger partial charge in [0.15, 0.2) is 0 Å². The van der Waals surface area contributed by atoms with Crippen molar-refractivity contribution in [2.75, 3.05) is 0 Å². The van der Waals surface area contributed by atoms with E-state index < -0.39 is 0 Å². The molecule has 0 fully saturated rings. The molecule has 0 rings (SSSR count). The van der Waals surface area contributed by atoms with Gasteiger partial charge in [0.2, 0.25) is 0 Å². The van der Waals surface area contributed by atoms with Gasteiger partial charge in [-0.2, -0.15) is 0 Å². The molecule has 0 aromatic rings. The monoisotopic (exact) mass is 324 g/mol. The van der Waals surface area contributed by atoms with E-state index in [0.717, 1.165) is 11.8 Å². The second-order valence-corrected chi connectivity index (χ2v) is 7.97. The summed E-state index contributed by atoms with van der Waals surface area (Å²) in [6, 6.07) is 0. The van der Waals surface area contributed by atoms with Crippen molar-refractivity contribution < 1.29 is 0 Å². The van der Waals surface area contributed by atoms with Gasteiger partial charge >= 0.3 is 0 Å². The van der Waals surface area contributed by atoms with Gasteiger partial charge in [-0.25, -0.2) is 0 Å². The molecule has 2 atom stereocenters. The number of unbranched alkanes of at least 4 members (excludes halogenated alkanes) is 12. The van der Waals surface area contributed by atoms with Crippen molar-refractivity contribution in [3.8, 4) is 0 Å². The van der Waals surface area contributed by atoms with Crippen LogP contribution in [-0.2, 0) is 0 Å². The van der Waals surface area contributed by atoms with Crippen LogP contribution in [0.4, 0.5) is 0 Å². The smallest absolute Gasteiger partial charge is 0.0391 e. The van der Waals surface area contributed by atoms with Crippen LogP contribution < -0.4 is 0 Å². The molecule has 0 aromatic heterocycles. The summed E-state index contributed by atoms with van der Waals surface area (Å²) in [5, 5.41) is 0. The van der Waals surface area contributed by atoms with Crippen LogP contribution in [0.2, 0.25) is 0 Å². The van der Waals surface area contributed by atoms with Crippen LogP contribution in [-0.4, -0.2) is 0 Å². The van der Waals surface area contributed by atoms with Gasteiger partial charge in [-0.15, -0.1) is 0 Å². The van der Waals surface area contributed by atoms with Gasteiger partial charge in [-0.1, -0.05) is 137 Å². The van der Waals surface area contributed by atoms with Crippen LogP contribution in [0.5, 0.6) is 0 Å². The molecule has 0 amide bonds. The van der Waals surface area contributed by atoms with Crippen molar-refractivity contribution in [3.63, 3.8) is 0 Å². The lowest BCUT2D eigenvalue weighted by molar-refractivity contribution is 0.291. The van der Waals surface area contributed by atoms with Crippen LogP contribution in [0.15, 0.2) is 0 Å². The normalized spacial score (nSPS) is 14.1. The Hall–Kier alpha value is 0. The molecular formula is C23H48. The van der Waals surface area contributed by atoms with E-state index in [4.69, 9.17) is 0 Å². The van der Waals surface area contributed by atoms with E-state index in [0.29, 0.717) is 0 Å². The summed E-state index contributed by atoms with van der Waals surface area (Å²) in [4.78, 5) is 0. The Kier molecular flexibility index (Phi) is 18.3. The predicted molar refractivity (Wildman–Crippen MR) is 108 cm³/mol. The van der Waals surface area contributed by atoms with Crippen LogP contribution in [0.25, 0.3) is 0 Å². The molecule has 0 N–H and O–H groups in total. The molecule has 0 bridgehead atoms. The van der Waals surface area contributed by atoms with Crippen molar-refractivity contribution in [2.24, 2.45) is 11.8 Å². The molecular weight excluding hydrogens is 276 g/mol. The first kappa shape index (κ1) is 23.0. The minimum atomic E-state index is 0.954. The van der Waals surface area contributed by atoms with Gasteiger partial charge in [0, 0.05) is 0 Å². The molecule has 0 saturated heterocycles. The lowest BCUT2D eigenvalue weighted by Crippen LogP contribution is -2.11. The summed E-state index contributed by atoms with van der Waals surface area (Å²) >= 11 is 0. The minimum absolute atomic E-state index is 0.954. The van der Waals surface area contributed by atoms with E-state index >= 15 is 0 Å². The minimum Gasteiger partial charge on any atom is -0.0654 e. The molecule has 0 heterocycles. The average molecular weight is 325 g/mol. The van der Waals surface area contributed by atoms with Crippen LogP contribution in [0.1, 0.15) is 137 Å². The van der Waals surface area contributed by atoms with Crippen molar-refractivity contribution >= 4 is 0 Å². The molecule has 0 heteroatoms. The van der Waals surface area contributed by atoms with Gasteiger partial charge in [-0.05, 0) is 11.8 Å². The molecule has 140 valence electrons. The van der Waals surface area contributed by atoms with Crippen LogP contribution in [0, 0.1) is 11.8 Å². The van der Waals surface area contributed by atoms with E-state index in [-0.39, 0.29) is 0 Å². The highest BCUT2D eigenvalue weighted by atomic mass is 14.2. The lowest BCUT2D eigenvalue weighted by atomic mass is 9.83. The second-order valence-electron chi connectivity index (χ2n) is 7.97. The van der Waals surface area contributed by atoms with Gasteiger partial charge < -0.3 is 0 Å². The highest BCUT2D eigenvalue weighted by Crippen LogP contribution is 2.27. The second kappa shape index (κ2) is 18.3. The first-order valence-electron chi connectivity index (χ1n) is 11.3. The Morgan fingerprint density at radius 3 is 1.30 bits per heavy atom. The standard InChI is InChI=1S/C23H48/c1-5-8-10-12-14-15-17-19-21-23(7-3)22(4)20-18-16-13-11-9-6-2/h22-23H,5-21H2,1-4H3. The summed E-state index contributed by atoms with van der Waals surface area (Å²) in [6.45, 7) is 9.54. The van der Waals surface area contributed by atoms with Crippen LogP contribution in [0.3, 0.4) is 0 Å². The summed E-state index contributed by atoms with van der Waals surface area (Å²) in [5.41, 5.74) is 0. The summed E-state index contributed by atoms with van der Waals surface area (Å²) in [5.74, 6) is 1.95. The maximum absolute atomic E-state index is 2.52. The Bertz CT molecular complexity index is 208. The quantitative estimate of drug-likeness (QED) is 0.221. The zero-order valence-corrected chi connectivity index (χ0v) is 17.2. The van der Waals surface area contributed by atoms with E-state index in [9.17, 15) is 0 Å². The number of rotatable bonds is 18. The lowest BCUT2D eigenvalue weighted by Gasteiger charge is -2.22. The van der Waals surface area contributed by atoms with Crippen molar-refractivity contribution in [1.82, 2.24) is 0 Å². The van der Waals surface area contributed by atoms with E-state index in [1.807, 2.05) is 0 Å². The van der Waals surface area contributed by atoms with E-state index in [2.05, 4.69) is 27.7 Å². The third-order valence-electron chi connectivity index (χ3n) is 5.77. The molecule has 2 unspecified atom stereocenters. The maximum atomic E-state index is 2.52. The van der Waals surface area contributed by atoms with Gasteiger partial charge in [0.05, 0.1) is 0 Å². The van der Waals surface area contributed by atoms with Crippen molar-refractivity contribution in [2.45, 2.75) is 137 Å². The molecule has 0 nitrogen and oxygen atoms in total. The molecule has 0 saturated carbocycles. The fourth-order valence-electron chi connectivity index (χ4n) is 3.91. The van der Waals surface area contributed by atoms with Crippen LogP contribution >= 0.6 is 0 Å². The molecule has 0 spiro atoms. The topological polar surface area (TPSA) is 0 Å². The van der Waals surface area contributed by atoms with E-state index in [1.165, 1.54) is 109 Å². The Morgan fingerprint density at radius 1 is 0.478 bits per heavy atom. The molecule has 0 aromatic carbocycles. The SMILES string of the molecule is CCCCCCCCCCC(CC)C(C)CCCCCCCC. The summed E-state index contributed by atoms with van der Waals surface area (Å²) in [6.07, 6.45) is 24.7. The predicted octanol–water partition coefficient (Wildman–Crippen LogP) is 8.93. The van der Waals surface area contributed by atoms with Crippen molar-refractivity contribution in [1.29, 1.82) is 0 Å². The molecule has 0 radical (unpaired) electrons. The van der Waals surface area contributed by atoms with Gasteiger partial charge in [-0.3, -0.25) is 0 Å². The summed E-state index contributed by atoms with van der Waals surface area (Å²) in [7, 11) is 0. The molecule has 0 aliphatic carbocycles. The van der Waals surface area contributed by atoms with Crippen molar-refractivity contribution in [3.05, 3.63) is 0 Å². The third kappa shape index (κ3) is 15.3. The average Bonchev–Trinajstić information content (AvgIpc) is 2.56. The fraction of sp³-hybridized carbons (Fsp3) is 1.00. The number of hydrogen-bond acceptors (Lipinski definition) is 0. The molecule has 0 aliphatic heterocycles. The summed E-state index contributed by atoms with van der Waals surface area (Å²) < 4.78 is 0. The molecule has 23 heavy (non-hydrogen) atoms. The fourth-order valence-corrected chi connectivity index (χ4v) is 3.91. The highest BCUT2D eigenvalue weighted by molar-refractivity contribution is 4.66. The first-order valence-corrected chi connectivity index (χ1v) is 11.3. The van der Waals surface area contributed by atoms with Gasteiger partial charge in [0.25, 0.3) is 0 Å². The first-order chi connectivity index (χ1) is 11.3. The van der Waals surface area contributed by atoms with E-state index in [1.54, 1.807) is 0 Å². The Morgan fingerprint density at radius 2 is 0.870 bits per heavy atom. The van der Waals surface area contributed by atoms with Gasteiger partial charge in [0.1, 0.15) is 0 Å². The molecule has 0 aliphatic rings. The zero-order chi connectivity index (χ0) is 17.2. The Labute approximate surface area is 149 Å². The third-order valence-corrected chi connectivity index (χ3v) is 5.77. The number of hydrogen-bond donors (Lipinski definition) is 0. The Balaban J connectivity index is 3.51. The highest BCUT2D eigenvalue weighted by Gasteiger charge is 2.14. The zero-order valence-electron chi connectivity index (χ0n) is 17.2. The maximum Gasteiger partial charge on any atom is -0.0391 e.